The second-order valence-corrected chi connectivity index (χ2v) is 7.10. The largest absolute Gasteiger partial charge is 0.429 e. The topological polar surface area (TPSA) is 9.23 Å². The number of hydrogen-bond donors (Lipinski definition) is 0. The van der Waals surface area contributed by atoms with Crippen molar-refractivity contribution in [2.75, 3.05) is 0 Å². The molecule has 1 fully saturated rings. The van der Waals surface area contributed by atoms with Crippen LogP contribution < -0.4 is 4.74 Å². The van der Waals surface area contributed by atoms with Crippen LogP contribution in [0.15, 0.2) is 24.3 Å². The molecule has 0 aromatic heterocycles. The Morgan fingerprint density at radius 2 is 1.65 bits per heavy atom. The Balaban J connectivity index is 1.82. The van der Waals surface area contributed by atoms with Crippen LogP contribution in [0.25, 0.3) is 0 Å². The molecule has 0 radical (unpaired) electrons. The number of benzene rings is 1. The zero-order valence-corrected chi connectivity index (χ0v) is 15.3. The van der Waals surface area contributed by atoms with E-state index in [1.165, 1.54) is 19.3 Å². The minimum absolute atomic E-state index is 0.0836. The molecule has 2 rings (SSSR count). The molecule has 1 aliphatic rings. The zero-order chi connectivity index (χ0) is 18.9. The third kappa shape index (κ3) is 6.33. The van der Waals surface area contributed by atoms with Crippen LogP contribution in [-0.4, -0.2) is 6.61 Å². The lowest BCUT2D eigenvalue weighted by Gasteiger charge is -2.29. The number of halogens is 4. The molecule has 0 unspecified atom stereocenters. The molecule has 0 atom stereocenters. The van der Waals surface area contributed by atoms with Gasteiger partial charge in [-0.2, -0.15) is 8.78 Å². The maximum absolute atomic E-state index is 13.9. The van der Waals surface area contributed by atoms with Crippen molar-refractivity contribution in [3.05, 3.63) is 41.5 Å². The predicted molar refractivity (Wildman–Crippen MR) is 95.6 cm³/mol. The molecule has 1 aliphatic carbocycles. The molecule has 1 aromatic rings. The van der Waals surface area contributed by atoms with Gasteiger partial charge in [0.1, 0.15) is 0 Å². The lowest BCUT2D eigenvalue weighted by Crippen LogP contribution is -2.14. The summed E-state index contributed by atoms with van der Waals surface area (Å²) in [5.74, 6) is -2.35. The number of ether oxygens (including phenoxy) is 1. The number of unbranched alkanes of at least 4 members (excludes halogenated alkanes) is 2. The SMILES string of the molecule is CCC/C=C/CCCC1CCC(c2cc(F)c(OC(F)F)c(F)c2)CC1. The van der Waals surface area contributed by atoms with Crippen molar-refractivity contribution in [2.45, 2.75) is 77.2 Å². The molecular weight excluding hydrogens is 344 g/mol. The average Bonchev–Trinajstić information content (AvgIpc) is 2.61. The maximum Gasteiger partial charge on any atom is 0.387 e. The van der Waals surface area contributed by atoms with E-state index in [2.05, 4.69) is 23.8 Å². The first kappa shape index (κ1) is 20.8. The fourth-order valence-corrected chi connectivity index (χ4v) is 3.73. The van der Waals surface area contributed by atoms with Crippen molar-refractivity contribution in [2.24, 2.45) is 5.92 Å². The fourth-order valence-electron chi connectivity index (χ4n) is 3.73. The summed E-state index contributed by atoms with van der Waals surface area (Å²) in [6.07, 6.45) is 14.1. The zero-order valence-electron chi connectivity index (χ0n) is 15.3. The van der Waals surface area contributed by atoms with Gasteiger partial charge < -0.3 is 4.74 Å². The van der Waals surface area contributed by atoms with Crippen LogP contribution in [0.3, 0.4) is 0 Å². The summed E-state index contributed by atoms with van der Waals surface area (Å²) in [5, 5.41) is 0. The third-order valence-electron chi connectivity index (χ3n) is 5.15. The molecular formula is C21H28F4O. The minimum Gasteiger partial charge on any atom is -0.429 e. The summed E-state index contributed by atoms with van der Waals surface area (Å²) in [7, 11) is 0. The first-order valence-electron chi connectivity index (χ1n) is 9.60. The van der Waals surface area contributed by atoms with E-state index >= 15 is 0 Å². The van der Waals surface area contributed by atoms with Crippen molar-refractivity contribution in [3.8, 4) is 5.75 Å². The molecule has 26 heavy (non-hydrogen) atoms. The van der Waals surface area contributed by atoms with Gasteiger partial charge in [-0.25, -0.2) is 8.78 Å². The van der Waals surface area contributed by atoms with Gasteiger partial charge in [0.15, 0.2) is 17.4 Å². The van der Waals surface area contributed by atoms with E-state index in [1.54, 1.807) is 0 Å². The second kappa shape index (κ2) is 10.6. The molecule has 1 nitrogen and oxygen atoms in total. The summed E-state index contributed by atoms with van der Waals surface area (Å²) in [4.78, 5) is 0. The lowest BCUT2D eigenvalue weighted by molar-refractivity contribution is -0.0546. The quantitative estimate of drug-likeness (QED) is 0.250. The smallest absolute Gasteiger partial charge is 0.387 e. The number of hydrogen-bond acceptors (Lipinski definition) is 1. The van der Waals surface area contributed by atoms with Crippen molar-refractivity contribution in [1.29, 1.82) is 0 Å². The van der Waals surface area contributed by atoms with E-state index < -0.39 is 24.0 Å². The summed E-state index contributed by atoms with van der Waals surface area (Å²) in [6, 6.07) is 2.29. The van der Waals surface area contributed by atoms with E-state index in [-0.39, 0.29) is 5.92 Å². The number of alkyl halides is 2. The highest BCUT2D eigenvalue weighted by Crippen LogP contribution is 2.39. The molecule has 0 N–H and O–H groups in total. The lowest BCUT2D eigenvalue weighted by atomic mass is 9.77. The van der Waals surface area contributed by atoms with E-state index in [0.717, 1.165) is 50.7 Å². The minimum atomic E-state index is -3.24. The summed E-state index contributed by atoms with van der Waals surface area (Å²) >= 11 is 0. The third-order valence-corrected chi connectivity index (χ3v) is 5.15. The van der Waals surface area contributed by atoms with E-state index in [0.29, 0.717) is 11.5 Å². The van der Waals surface area contributed by atoms with Gasteiger partial charge in [0, 0.05) is 0 Å². The van der Waals surface area contributed by atoms with Crippen molar-refractivity contribution < 1.29 is 22.3 Å². The number of rotatable bonds is 9. The van der Waals surface area contributed by atoms with Crippen LogP contribution in [0.1, 0.15) is 76.2 Å². The van der Waals surface area contributed by atoms with Crippen LogP contribution in [0.2, 0.25) is 0 Å². The molecule has 146 valence electrons. The average molecular weight is 372 g/mol. The summed E-state index contributed by atoms with van der Waals surface area (Å²) < 4.78 is 56.1. The molecule has 0 saturated heterocycles. The second-order valence-electron chi connectivity index (χ2n) is 7.10. The summed E-state index contributed by atoms with van der Waals surface area (Å²) in [5.41, 5.74) is 0.544. The Kier molecular flexibility index (Phi) is 8.46. The molecule has 0 bridgehead atoms. The van der Waals surface area contributed by atoms with Crippen molar-refractivity contribution in [3.63, 3.8) is 0 Å². The van der Waals surface area contributed by atoms with Gasteiger partial charge in [0.05, 0.1) is 0 Å². The molecule has 1 saturated carbocycles. The Hall–Kier alpha value is -1.52. The first-order chi connectivity index (χ1) is 12.5. The Morgan fingerprint density at radius 1 is 1.04 bits per heavy atom. The van der Waals surface area contributed by atoms with Crippen LogP contribution in [-0.2, 0) is 0 Å². The van der Waals surface area contributed by atoms with Crippen molar-refractivity contribution >= 4 is 0 Å². The monoisotopic (exact) mass is 372 g/mol. The van der Waals surface area contributed by atoms with Gasteiger partial charge in [-0.05, 0) is 74.5 Å². The highest BCUT2D eigenvalue weighted by molar-refractivity contribution is 5.33. The van der Waals surface area contributed by atoms with Crippen LogP contribution in [0.5, 0.6) is 5.75 Å². The molecule has 0 aliphatic heterocycles. The van der Waals surface area contributed by atoms with E-state index in [9.17, 15) is 17.6 Å². The van der Waals surface area contributed by atoms with Gasteiger partial charge in [-0.15, -0.1) is 0 Å². The van der Waals surface area contributed by atoms with Gasteiger partial charge in [-0.3, -0.25) is 0 Å². The first-order valence-corrected chi connectivity index (χ1v) is 9.60. The van der Waals surface area contributed by atoms with Gasteiger partial charge >= 0.3 is 6.61 Å². The Morgan fingerprint density at radius 3 is 2.23 bits per heavy atom. The fraction of sp³-hybridized carbons (Fsp3) is 0.619. The van der Waals surface area contributed by atoms with E-state index in [4.69, 9.17) is 0 Å². The molecule has 0 spiro atoms. The molecule has 1 aromatic carbocycles. The highest BCUT2D eigenvalue weighted by Gasteiger charge is 2.25. The Labute approximate surface area is 153 Å². The van der Waals surface area contributed by atoms with Crippen LogP contribution >= 0.6 is 0 Å². The highest BCUT2D eigenvalue weighted by atomic mass is 19.3. The molecule has 0 heterocycles. The van der Waals surface area contributed by atoms with E-state index in [1.807, 2.05) is 0 Å². The normalized spacial score (nSPS) is 20.8. The van der Waals surface area contributed by atoms with Gasteiger partial charge in [0.2, 0.25) is 0 Å². The van der Waals surface area contributed by atoms with Crippen molar-refractivity contribution in [1.82, 2.24) is 0 Å². The molecule has 0 amide bonds. The van der Waals surface area contributed by atoms with Crippen LogP contribution in [0.4, 0.5) is 17.6 Å². The predicted octanol–water partition coefficient (Wildman–Crippen LogP) is 7.37. The van der Waals surface area contributed by atoms with Gasteiger partial charge in [-0.1, -0.05) is 31.9 Å². The van der Waals surface area contributed by atoms with Gasteiger partial charge in [0.25, 0.3) is 0 Å². The number of allylic oxidation sites excluding steroid dienone is 2. The maximum atomic E-state index is 13.9. The Bertz CT molecular complexity index is 554. The standard InChI is InChI=1S/C21H28F4O/c1-2-3-4-5-6-7-8-15-9-11-16(12-10-15)17-13-18(22)20(19(23)14-17)26-21(24)25/h4-5,13-16,21H,2-3,6-12H2,1H3/b5-4+. The molecule has 5 heteroatoms. The summed E-state index contributed by atoms with van der Waals surface area (Å²) in [6.45, 7) is -1.07. The van der Waals surface area contributed by atoms with Crippen LogP contribution in [0, 0.1) is 17.6 Å².